The van der Waals surface area contributed by atoms with Gasteiger partial charge in [-0.3, -0.25) is 14.9 Å². The second-order valence-corrected chi connectivity index (χ2v) is 7.10. The molecule has 2 aromatic rings. The summed E-state index contributed by atoms with van der Waals surface area (Å²) >= 11 is 0. The van der Waals surface area contributed by atoms with E-state index in [0.717, 1.165) is 23.4 Å². The zero-order valence-corrected chi connectivity index (χ0v) is 16.6. The Morgan fingerprint density at radius 1 is 1.17 bits per heavy atom. The van der Waals surface area contributed by atoms with Crippen molar-refractivity contribution in [1.29, 1.82) is 0 Å². The minimum absolute atomic E-state index is 0.0628. The number of amides is 1. The van der Waals surface area contributed by atoms with Crippen LogP contribution in [-0.4, -0.2) is 36.7 Å². The van der Waals surface area contributed by atoms with Gasteiger partial charge in [0.2, 0.25) is 0 Å². The van der Waals surface area contributed by atoms with Gasteiger partial charge in [0.15, 0.2) is 0 Å². The largest absolute Gasteiger partial charge is 0.496 e. The van der Waals surface area contributed by atoms with Gasteiger partial charge in [-0.05, 0) is 42.8 Å². The second kappa shape index (κ2) is 9.29. The fourth-order valence-corrected chi connectivity index (χ4v) is 3.46. The Hall–Kier alpha value is -3.26. The molecular formula is C21H25N4O4+. The molecule has 0 radical (unpaired) electrons. The maximum atomic E-state index is 12.2. The fourth-order valence-electron chi connectivity index (χ4n) is 3.46. The maximum absolute atomic E-state index is 12.2. The summed E-state index contributed by atoms with van der Waals surface area (Å²) in [6.45, 7) is 5.07. The van der Waals surface area contributed by atoms with Gasteiger partial charge in [-0.1, -0.05) is 0 Å². The second-order valence-electron chi connectivity index (χ2n) is 7.10. The van der Waals surface area contributed by atoms with E-state index in [4.69, 9.17) is 4.74 Å². The van der Waals surface area contributed by atoms with Crippen molar-refractivity contribution in [3.8, 4) is 5.75 Å². The van der Waals surface area contributed by atoms with E-state index >= 15 is 0 Å². The van der Waals surface area contributed by atoms with E-state index in [-0.39, 0.29) is 5.69 Å². The van der Waals surface area contributed by atoms with Crippen molar-refractivity contribution in [3.05, 3.63) is 69.3 Å². The lowest BCUT2D eigenvalue weighted by molar-refractivity contribution is -0.901. The van der Waals surface area contributed by atoms with Crippen LogP contribution >= 0.6 is 0 Å². The van der Waals surface area contributed by atoms with Gasteiger partial charge in [-0.2, -0.15) is 5.10 Å². The number of rotatable bonds is 7. The van der Waals surface area contributed by atoms with Crippen LogP contribution in [0.15, 0.2) is 47.6 Å². The summed E-state index contributed by atoms with van der Waals surface area (Å²) in [6.07, 6.45) is 2.51. The zero-order valence-electron chi connectivity index (χ0n) is 16.6. The number of ether oxygens (including phenoxy) is 1. The maximum Gasteiger partial charge on any atom is 0.271 e. The van der Waals surface area contributed by atoms with E-state index in [9.17, 15) is 14.9 Å². The SMILES string of the molecule is COc1ccc(/C(C)=N\NC(=O)c2ccc([N+](=O)[O-])cc2)cc1C[NH+]1CCCC1. The van der Waals surface area contributed by atoms with E-state index in [0.29, 0.717) is 11.3 Å². The molecule has 0 aromatic heterocycles. The standard InChI is InChI=1S/C21H24N4O4/c1-15(22-23-21(26)16-5-8-19(9-6-16)25(27)28)17-7-10-20(29-2)18(13-17)14-24-11-3-4-12-24/h5-10,13H,3-4,11-12,14H2,1-2H3,(H,23,26)/p+1/b22-15-. The molecule has 8 nitrogen and oxygen atoms in total. The molecule has 0 unspecified atom stereocenters. The van der Waals surface area contributed by atoms with Crippen LogP contribution in [0.1, 0.15) is 41.3 Å². The summed E-state index contributed by atoms with van der Waals surface area (Å²) in [5.74, 6) is 0.436. The minimum atomic E-state index is -0.505. The molecule has 1 aliphatic heterocycles. The molecule has 0 saturated carbocycles. The Bertz CT molecular complexity index is 919. The summed E-state index contributed by atoms with van der Waals surface area (Å²) in [5.41, 5.74) is 5.45. The molecule has 0 spiro atoms. The fraction of sp³-hybridized carbons (Fsp3) is 0.333. The van der Waals surface area contributed by atoms with Gasteiger partial charge in [0.05, 0.1) is 30.8 Å². The number of nitro benzene ring substituents is 1. The monoisotopic (exact) mass is 397 g/mol. The summed E-state index contributed by atoms with van der Waals surface area (Å²) < 4.78 is 5.50. The highest BCUT2D eigenvalue weighted by atomic mass is 16.6. The van der Waals surface area contributed by atoms with Gasteiger partial charge >= 0.3 is 0 Å². The first kappa shape index (κ1) is 20.5. The van der Waals surface area contributed by atoms with E-state index in [1.807, 2.05) is 19.1 Å². The highest BCUT2D eigenvalue weighted by molar-refractivity contribution is 6.01. The van der Waals surface area contributed by atoms with Crippen LogP contribution in [0.4, 0.5) is 5.69 Å². The number of carbonyl (C=O) groups is 1. The van der Waals surface area contributed by atoms with Crippen molar-refractivity contribution in [1.82, 2.24) is 5.43 Å². The van der Waals surface area contributed by atoms with Crippen molar-refractivity contribution < 1.29 is 19.4 Å². The molecule has 0 atom stereocenters. The van der Waals surface area contributed by atoms with Gasteiger partial charge in [0.1, 0.15) is 12.3 Å². The Balaban J connectivity index is 1.71. The van der Waals surface area contributed by atoms with Crippen LogP contribution in [0.25, 0.3) is 0 Å². The molecule has 1 aliphatic rings. The highest BCUT2D eigenvalue weighted by Gasteiger charge is 2.18. The summed E-state index contributed by atoms with van der Waals surface area (Å²) in [4.78, 5) is 24.0. The molecule has 1 fully saturated rings. The number of benzene rings is 2. The third-order valence-electron chi connectivity index (χ3n) is 5.11. The molecule has 2 aromatic carbocycles. The van der Waals surface area contributed by atoms with Crippen molar-refractivity contribution >= 4 is 17.3 Å². The van der Waals surface area contributed by atoms with Crippen LogP contribution in [0.5, 0.6) is 5.75 Å². The molecule has 0 bridgehead atoms. The lowest BCUT2D eigenvalue weighted by atomic mass is 10.1. The third-order valence-corrected chi connectivity index (χ3v) is 5.11. The normalized spacial score (nSPS) is 14.6. The number of nitrogens with one attached hydrogen (secondary N) is 2. The quantitative estimate of drug-likeness (QED) is 0.424. The molecule has 152 valence electrons. The lowest BCUT2D eigenvalue weighted by Gasteiger charge is -2.15. The predicted molar refractivity (Wildman–Crippen MR) is 109 cm³/mol. The summed E-state index contributed by atoms with van der Waals surface area (Å²) in [5, 5.41) is 14.9. The number of nitrogens with zero attached hydrogens (tertiary/aromatic N) is 2. The Morgan fingerprint density at radius 2 is 1.83 bits per heavy atom. The molecule has 1 amide bonds. The van der Waals surface area contributed by atoms with E-state index < -0.39 is 10.8 Å². The third kappa shape index (κ3) is 5.17. The number of hydrogen-bond donors (Lipinski definition) is 2. The zero-order chi connectivity index (χ0) is 20.8. The average Bonchev–Trinajstić information content (AvgIpc) is 3.24. The molecule has 1 saturated heterocycles. The number of non-ortho nitro benzene ring substituents is 1. The topological polar surface area (TPSA) is 98.3 Å². The molecule has 3 rings (SSSR count). The van der Waals surface area contributed by atoms with Crippen molar-refractivity contribution in [2.24, 2.45) is 5.10 Å². The number of carbonyl (C=O) groups excluding carboxylic acids is 1. The average molecular weight is 397 g/mol. The first-order valence-electron chi connectivity index (χ1n) is 9.58. The van der Waals surface area contributed by atoms with Crippen LogP contribution < -0.4 is 15.1 Å². The van der Waals surface area contributed by atoms with Gasteiger partial charge < -0.3 is 9.64 Å². The van der Waals surface area contributed by atoms with Crippen molar-refractivity contribution in [2.45, 2.75) is 26.3 Å². The number of nitro groups is 1. The molecule has 2 N–H and O–H groups in total. The number of hydrazone groups is 1. The van der Waals surface area contributed by atoms with Crippen molar-refractivity contribution in [2.75, 3.05) is 20.2 Å². The summed E-state index contributed by atoms with van der Waals surface area (Å²) in [7, 11) is 1.67. The first-order valence-corrected chi connectivity index (χ1v) is 9.58. The molecule has 0 aliphatic carbocycles. The van der Waals surface area contributed by atoms with Gasteiger partial charge in [0, 0.05) is 36.1 Å². The Morgan fingerprint density at radius 3 is 2.45 bits per heavy atom. The van der Waals surface area contributed by atoms with Gasteiger partial charge in [-0.15, -0.1) is 0 Å². The van der Waals surface area contributed by atoms with Crippen LogP contribution in [0, 0.1) is 10.1 Å². The smallest absolute Gasteiger partial charge is 0.271 e. The van der Waals surface area contributed by atoms with Crippen LogP contribution in [-0.2, 0) is 6.54 Å². The number of hydrogen-bond acceptors (Lipinski definition) is 5. The number of quaternary nitrogens is 1. The summed E-state index contributed by atoms with van der Waals surface area (Å²) in [6, 6.07) is 11.3. The molecular weight excluding hydrogens is 372 g/mol. The number of methoxy groups -OCH3 is 1. The van der Waals surface area contributed by atoms with Gasteiger partial charge in [0.25, 0.3) is 11.6 Å². The van der Waals surface area contributed by atoms with E-state index in [2.05, 4.69) is 16.6 Å². The predicted octanol–water partition coefficient (Wildman–Crippen LogP) is 1.94. The molecule has 29 heavy (non-hydrogen) atoms. The molecule has 8 heteroatoms. The Labute approximate surface area is 169 Å². The van der Waals surface area contributed by atoms with E-state index in [1.54, 1.807) is 12.0 Å². The highest BCUT2D eigenvalue weighted by Crippen LogP contribution is 2.20. The van der Waals surface area contributed by atoms with E-state index in [1.165, 1.54) is 50.2 Å². The van der Waals surface area contributed by atoms with Crippen LogP contribution in [0.2, 0.25) is 0 Å². The minimum Gasteiger partial charge on any atom is -0.496 e. The van der Waals surface area contributed by atoms with Crippen LogP contribution in [0.3, 0.4) is 0 Å². The molecule has 1 heterocycles. The lowest BCUT2D eigenvalue weighted by Crippen LogP contribution is -3.08. The van der Waals surface area contributed by atoms with Gasteiger partial charge in [-0.25, -0.2) is 5.43 Å². The first-order chi connectivity index (χ1) is 14.0. The Kier molecular flexibility index (Phi) is 6.56. The van der Waals surface area contributed by atoms with Crippen molar-refractivity contribution in [3.63, 3.8) is 0 Å². The number of likely N-dealkylation sites (tertiary alicyclic amines) is 1.